The van der Waals surface area contributed by atoms with Crippen molar-refractivity contribution in [2.24, 2.45) is 0 Å². The Morgan fingerprint density at radius 3 is 2.40 bits per heavy atom. The lowest BCUT2D eigenvalue weighted by molar-refractivity contribution is 0.149. The molecule has 0 radical (unpaired) electrons. The van der Waals surface area contributed by atoms with Gasteiger partial charge in [-0.25, -0.2) is 8.42 Å². The SMILES string of the molecule is O=S(=O)(c1ccc(NCCCOCCCl)cc1)C(F)F. The quantitative estimate of drug-likeness (QED) is 0.560. The first kappa shape index (κ1) is 17.1. The van der Waals surface area contributed by atoms with E-state index in [0.717, 1.165) is 18.6 Å². The second-order valence-electron chi connectivity index (χ2n) is 3.91. The van der Waals surface area contributed by atoms with Crippen molar-refractivity contribution in [2.45, 2.75) is 17.1 Å². The Morgan fingerprint density at radius 2 is 1.85 bits per heavy atom. The van der Waals surface area contributed by atoms with Gasteiger partial charge in [0.15, 0.2) is 0 Å². The van der Waals surface area contributed by atoms with Crippen LogP contribution in [0.3, 0.4) is 0 Å². The van der Waals surface area contributed by atoms with Crippen molar-refractivity contribution >= 4 is 27.1 Å². The second-order valence-corrected chi connectivity index (χ2v) is 6.21. The van der Waals surface area contributed by atoms with E-state index in [-0.39, 0.29) is 4.90 Å². The zero-order valence-corrected chi connectivity index (χ0v) is 12.3. The Labute approximate surface area is 122 Å². The highest BCUT2D eigenvalue weighted by atomic mass is 35.5. The van der Waals surface area contributed by atoms with Crippen molar-refractivity contribution in [1.29, 1.82) is 0 Å². The van der Waals surface area contributed by atoms with Crippen LogP contribution in [0.25, 0.3) is 0 Å². The molecule has 1 rings (SSSR count). The van der Waals surface area contributed by atoms with E-state index in [0.29, 0.717) is 31.3 Å². The Kier molecular flexibility index (Phi) is 7.18. The Balaban J connectivity index is 2.44. The van der Waals surface area contributed by atoms with Gasteiger partial charge in [-0.15, -0.1) is 11.6 Å². The fourth-order valence-electron chi connectivity index (χ4n) is 1.43. The number of hydrogen-bond acceptors (Lipinski definition) is 4. The van der Waals surface area contributed by atoms with E-state index in [1.807, 2.05) is 0 Å². The summed E-state index contributed by atoms with van der Waals surface area (Å²) in [5, 5.41) is 3.03. The summed E-state index contributed by atoms with van der Waals surface area (Å²) in [6.45, 7) is 1.70. The first-order chi connectivity index (χ1) is 9.48. The van der Waals surface area contributed by atoms with Crippen LogP contribution in [-0.2, 0) is 14.6 Å². The molecule has 0 aromatic heterocycles. The standard InChI is InChI=1S/C12H16ClF2NO3S/c13-6-9-19-8-1-7-16-10-2-4-11(5-3-10)20(17,18)12(14)15/h2-5,12,16H,1,6-9H2. The molecule has 0 bridgehead atoms. The molecule has 1 aromatic rings. The Bertz CT molecular complexity index is 494. The maximum Gasteiger partial charge on any atom is 0.341 e. The van der Waals surface area contributed by atoms with Crippen LogP contribution < -0.4 is 5.32 Å². The van der Waals surface area contributed by atoms with E-state index < -0.39 is 15.6 Å². The van der Waals surface area contributed by atoms with Crippen molar-refractivity contribution in [3.05, 3.63) is 24.3 Å². The van der Waals surface area contributed by atoms with Gasteiger partial charge in [-0.05, 0) is 30.7 Å². The normalized spacial score (nSPS) is 11.8. The molecule has 0 aliphatic rings. The van der Waals surface area contributed by atoms with Crippen molar-refractivity contribution < 1.29 is 21.9 Å². The van der Waals surface area contributed by atoms with E-state index in [4.69, 9.17) is 16.3 Å². The predicted octanol–water partition coefficient (Wildman–Crippen LogP) is 2.74. The molecule has 0 atom stereocenters. The summed E-state index contributed by atoms with van der Waals surface area (Å²) in [4.78, 5) is -0.386. The molecule has 0 amide bonds. The van der Waals surface area contributed by atoms with Crippen molar-refractivity contribution in [2.75, 3.05) is 31.0 Å². The fourth-order valence-corrected chi connectivity index (χ4v) is 2.26. The molecule has 4 nitrogen and oxygen atoms in total. The third-order valence-electron chi connectivity index (χ3n) is 2.43. The maximum atomic E-state index is 12.3. The van der Waals surface area contributed by atoms with Gasteiger partial charge in [0.05, 0.1) is 11.5 Å². The highest BCUT2D eigenvalue weighted by Gasteiger charge is 2.26. The smallest absolute Gasteiger partial charge is 0.341 e. The van der Waals surface area contributed by atoms with Crippen LogP contribution in [-0.4, -0.2) is 39.8 Å². The van der Waals surface area contributed by atoms with E-state index in [9.17, 15) is 17.2 Å². The lowest BCUT2D eigenvalue weighted by Crippen LogP contribution is -2.11. The zero-order chi connectivity index (χ0) is 15.0. The lowest BCUT2D eigenvalue weighted by atomic mass is 10.3. The van der Waals surface area contributed by atoms with Crippen LogP contribution in [0.4, 0.5) is 14.5 Å². The molecular formula is C12H16ClF2NO3S. The van der Waals surface area contributed by atoms with Gasteiger partial charge in [-0.3, -0.25) is 0 Å². The number of rotatable bonds is 9. The molecule has 0 aliphatic heterocycles. The number of anilines is 1. The molecule has 0 spiro atoms. The van der Waals surface area contributed by atoms with Gasteiger partial charge in [0.25, 0.3) is 0 Å². The summed E-state index contributed by atoms with van der Waals surface area (Å²) in [6, 6.07) is 5.23. The van der Waals surface area contributed by atoms with Gasteiger partial charge < -0.3 is 10.1 Å². The maximum absolute atomic E-state index is 12.3. The van der Waals surface area contributed by atoms with E-state index >= 15 is 0 Å². The number of hydrogen-bond donors (Lipinski definition) is 1. The van der Waals surface area contributed by atoms with Crippen molar-refractivity contribution in [3.8, 4) is 0 Å². The predicted molar refractivity (Wildman–Crippen MR) is 74.3 cm³/mol. The van der Waals surface area contributed by atoms with Crippen LogP contribution in [0.15, 0.2) is 29.2 Å². The number of halogens is 3. The molecule has 1 N–H and O–H groups in total. The Morgan fingerprint density at radius 1 is 1.20 bits per heavy atom. The van der Waals surface area contributed by atoms with Gasteiger partial charge in [-0.1, -0.05) is 0 Å². The highest BCUT2D eigenvalue weighted by molar-refractivity contribution is 7.91. The molecule has 0 heterocycles. The average Bonchev–Trinajstić information content (AvgIpc) is 2.43. The third kappa shape index (κ3) is 5.22. The summed E-state index contributed by atoms with van der Waals surface area (Å²) < 4.78 is 52.2. The first-order valence-electron chi connectivity index (χ1n) is 5.98. The summed E-state index contributed by atoms with van der Waals surface area (Å²) in [5.41, 5.74) is 0.663. The molecule has 114 valence electrons. The monoisotopic (exact) mass is 327 g/mol. The number of nitrogens with one attached hydrogen (secondary N) is 1. The molecule has 0 unspecified atom stereocenters. The van der Waals surface area contributed by atoms with Gasteiger partial charge in [0.1, 0.15) is 0 Å². The molecule has 0 fully saturated rings. The molecule has 1 aromatic carbocycles. The van der Waals surface area contributed by atoms with Crippen LogP contribution in [0, 0.1) is 0 Å². The molecule has 0 saturated carbocycles. The number of benzene rings is 1. The number of sulfone groups is 1. The van der Waals surface area contributed by atoms with Crippen molar-refractivity contribution in [3.63, 3.8) is 0 Å². The van der Waals surface area contributed by atoms with Gasteiger partial charge in [-0.2, -0.15) is 8.78 Å². The largest absolute Gasteiger partial charge is 0.385 e. The fraction of sp³-hybridized carbons (Fsp3) is 0.500. The minimum absolute atomic E-state index is 0.386. The van der Waals surface area contributed by atoms with Crippen LogP contribution in [0.5, 0.6) is 0 Å². The summed E-state index contributed by atoms with van der Waals surface area (Å²) >= 11 is 5.44. The van der Waals surface area contributed by atoms with E-state index in [1.165, 1.54) is 12.1 Å². The Hall–Kier alpha value is -0.920. The van der Waals surface area contributed by atoms with Crippen LogP contribution in [0.2, 0.25) is 0 Å². The zero-order valence-electron chi connectivity index (χ0n) is 10.7. The van der Waals surface area contributed by atoms with E-state index in [2.05, 4.69) is 5.32 Å². The first-order valence-corrected chi connectivity index (χ1v) is 8.06. The molecule has 0 aliphatic carbocycles. The third-order valence-corrected chi connectivity index (χ3v) is 3.99. The highest BCUT2D eigenvalue weighted by Crippen LogP contribution is 2.20. The topological polar surface area (TPSA) is 55.4 Å². The number of ether oxygens (including phenoxy) is 1. The van der Waals surface area contributed by atoms with Gasteiger partial charge in [0.2, 0.25) is 9.84 Å². The second kappa shape index (κ2) is 8.39. The summed E-state index contributed by atoms with van der Waals surface area (Å²) in [6.07, 6.45) is 0.758. The van der Waals surface area contributed by atoms with Crippen LogP contribution >= 0.6 is 11.6 Å². The van der Waals surface area contributed by atoms with Crippen molar-refractivity contribution in [1.82, 2.24) is 0 Å². The molecule has 20 heavy (non-hydrogen) atoms. The minimum atomic E-state index is -4.52. The lowest BCUT2D eigenvalue weighted by Gasteiger charge is -2.08. The van der Waals surface area contributed by atoms with E-state index in [1.54, 1.807) is 0 Å². The van der Waals surface area contributed by atoms with Gasteiger partial charge in [0, 0.05) is 24.7 Å². The summed E-state index contributed by atoms with van der Waals surface area (Å²) in [5.74, 6) is -2.95. The molecule has 8 heteroatoms. The number of alkyl halides is 3. The average molecular weight is 328 g/mol. The van der Waals surface area contributed by atoms with Crippen LogP contribution in [0.1, 0.15) is 6.42 Å². The van der Waals surface area contributed by atoms with Gasteiger partial charge >= 0.3 is 5.76 Å². The molecule has 0 saturated heterocycles. The molecular weight excluding hydrogens is 312 g/mol. The summed E-state index contributed by atoms with van der Waals surface area (Å²) in [7, 11) is -4.52. The minimum Gasteiger partial charge on any atom is -0.385 e.